The van der Waals surface area contributed by atoms with Crippen LogP contribution in [0.5, 0.6) is 0 Å². The Morgan fingerprint density at radius 2 is 2.05 bits per heavy atom. The summed E-state index contributed by atoms with van der Waals surface area (Å²) < 4.78 is 27.4. The molecule has 1 saturated heterocycles. The van der Waals surface area contributed by atoms with Crippen LogP contribution in [-0.4, -0.2) is 35.5 Å². The molecule has 0 aliphatic carbocycles. The summed E-state index contributed by atoms with van der Waals surface area (Å²) in [7, 11) is 0. The smallest absolute Gasteiger partial charge is 0.265 e. The molecule has 0 bridgehead atoms. The van der Waals surface area contributed by atoms with Gasteiger partial charge in [-0.3, -0.25) is 9.59 Å². The number of alkyl halides is 1. The zero-order chi connectivity index (χ0) is 14.9. The molecule has 1 heterocycles. The monoisotopic (exact) mass is 280 g/mol. The number of nitrogens with one attached hydrogen (secondary N) is 1. The first-order valence-corrected chi connectivity index (χ1v) is 6.03. The van der Waals surface area contributed by atoms with Crippen molar-refractivity contribution < 1.29 is 18.4 Å². The van der Waals surface area contributed by atoms with Crippen LogP contribution in [0.15, 0.2) is 30.9 Å². The molecule has 0 radical (unpaired) electrons. The van der Waals surface area contributed by atoms with E-state index in [-0.39, 0.29) is 18.8 Å². The average Bonchev–Trinajstić information content (AvgIpc) is 2.32. The maximum atomic E-state index is 14.2. The van der Waals surface area contributed by atoms with E-state index < -0.39 is 23.3 Å². The number of amides is 2. The fourth-order valence-electron chi connectivity index (χ4n) is 2.04. The standard InChI is InChI=1S/C14H14F2N2O2/c1-3-12(19)18-7-14(16,8-18)13(20)17-11-5-9(2)4-10(15)6-11/h3-6H,1,7-8H2,2H3,(H,17,20). The van der Waals surface area contributed by atoms with Gasteiger partial charge in [-0.15, -0.1) is 0 Å². The molecule has 2 rings (SSSR count). The molecule has 106 valence electrons. The van der Waals surface area contributed by atoms with Gasteiger partial charge in [-0.05, 0) is 36.8 Å². The van der Waals surface area contributed by atoms with Gasteiger partial charge in [0.15, 0.2) is 0 Å². The molecule has 20 heavy (non-hydrogen) atoms. The van der Waals surface area contributed by atoms with Crippen LogP contribution in [0, 0.1) is 12.7 Å². The van der Waals surface area contributed by atoms with Gasteiger partial charge in [0, 0.05) is 5.69 Å². The predicted octanol–water partition coefficient (Wildman–Crippen LogP) is 1.81. The highest BCUT2D eigenvalue weighted by Gasteiger charge is 2.51. The number of aryl methyl sites for hydroxylation is 1. The van der Waals surface area contributed by atoms with Gasteiger partial charge in [0.2, 0.25) is 11.6 Å². The minimum Gasteiger partial charge on any atom is -0.331 e. The summed E-state index contributed by atoms with van der Waals surface area (Å²) in [6.07, 6.45) is 1.06. The Morgan fingerprint density at radius 1 is 1.40 bits per heavy atom. The summed E-state index contributed by atoms with van der Waals surface area (Å²) in [5, 5.41) is 2.33. The number of hydrogen-bond donors (Lipinski definition) is 1. The lowest BCUT2D eigenvalue weighted by Gasteiger charge is -2.42. The normalized spacial score (nSPS) is 16.2. The lowest BCUT2D eigenvalue weighted by molar-refractivity contribution is -0.150. The Labute approximate surface area is 115 Å². The Hall–Kier alpha value is -2.24. The van der Waals surface area contributed by atoms with Gasteiger partial charge in [-0.25, -0.2) is 8.78 Å². The quantitative estimate of drug-likeness (QED) is 0.858. The molecular weight excluding hydrogens is 266 g/mol. The van der Waals surface area contributed by atoms with Crippen molar-refractivity contribution in [1.82, 2.24) is 4.90 Å². The second-order valence-electron chi connectivity index (χ2n) is 4.84. The van der Waals surface area contributed by atoms with E-state index in [1.165, 1.54) is 17.0 Å². The number of halogens is 2. The Bertz CT molecular complexity index is 560. The number of carbonyl (C=O) groups excluding carboxylic acids is 2. The van der Waals surface area contributed by atoms with Crippen LogP contribution in [0.25, 0.3) is 0 Å². The molecular formula is C14H14F2N2O2. The molecule has 1 aromatic carbocycles. The molecule has 1 aliphatic heterocycles. The third-order valence-electron chi connectivity index (χ3n) is 3.08. The van der Waals surface area contributed by atoms with Crippen LogP contribution in [-0.2, 0) is 9.59 Å². The molecule has 0 spiro atoms. The van der Waals surface area contributed by atoms with E-state index in [0.717, 1.165) is 12.1 Å². The maximum absolute atomic E-state index is 14.2. The SMILES string of the molecule is C=CC(=O)N1CC(F)(C(=O)Nc2cc(C)cc(F)c2)C1. The highest BCUT2D eigenvalue weighted by atomic mass is 19.1. The molecule has 1 aliphatic rings. The fourth-order valence-corrected chi connectivity index (χ4v) is 2.04. The molecule has 4 nitrogen and oxygen atoms in total. The molecule has 1 N–H and O–H groups in total. The van der Waals surface area contributed by atoms with Crippen molar-refractivity contribution in [2.45, 2.75) is 12.6 Å². The van der Waals surface area contributed by atoms with Crippen molar-refractivity contribution in [3.63, 3.8) is 0 Å². The Morgan fingerprint density at radius 3 is 2.60 bits per heavy atom. The summed E-state index contributed by atoms with van der Waals surface area (Å²) >= 11 is 0. The van der Waals surface area contributed by atoms with E-state index in [0.29, 0.717) is 5.56 Å². The molecule has 1 aromatic rings. The minimum atomic E-state index is -2.14. The second-order valence-corrected chi connectivity index (χ2v) is 4.84. The predicted molar refractivity (Wildman–Crippen MR) is 70.4 cm³/mol. The number of benzene rings is 1. The van der Waals surface area contributed by atoms with E-state index in [1.807, 2.05) is 0 Å². The van der Waals surface area contributed by atoms with E-state index in [4.69, 9.17) is 0 Å². The van der Waals surface area contributed by atoms with Crippen molar-refractivity contribution in [3.8, 4) is 0 Å². The minimum absolute atomic E-state index is 0.193. The van der Waals surface area contributed by atoms with Gasteiger partial charge in [0.05, 0.1) is 13.1 Å². The summed E-state index contributed by atoms with van der Waals surface area (Å²) in [6, 6.07) is 3.95. The number of nitrogens with zero attached hydrogens (tertiary/aromatic N) is 1. The van der Waals surface area contributed by atoms with Crippen LogP contribution in [0.4, 0.5) is 14.5 Å². The summed E-state index contributed by atoms with van der Waals surface area (Å²) in [4.78, 5) is 24.2. The van der Waals surface area contributed by atoms with E-state index in [9.17, 15) is 18.4 Å². The van der Waals surface area contributed by atoms with Crippen molar-refractivity contribution in [1.29, 1.82) is 0 Å². The lowest BCUT2D eigenvalue weighted by atomic mass is 9.95. The number of rotatable bonds is 3. The van der Waals surface area contributed by atoms with E-state index in [2.05, 4.69) is 11.9 Å². The number of carbonyl (C=O) groups is 2. The van der Waals surface area contributed by atoms with E-state index in [1.54, 1.807) is 6.92 Å². The van der Waals surface area contributed by atoms with Gasteiger partial charge < -0.3 is 10.2 Å². The van der Waals surface area contributed by atoms with Crippen LogP contribution < -0.4 is 5.32 Å². The molecule has 0 aromatic heterocycles. The van der Waals surface area contributed by atoms with Crippen molar-refractivity contribution in [2.24, 2.45) is 0 Å². The van der Waals surface area contributed by atoms with Crippen molar-refractivity contribution >= 4 is 17.5 Å². The van der Waals surface area contributed by atoms with E-state index >= 15 is 0 Å². The Balaban J connectivity index is 2.02. The first-order valence-electron chi connectivity index (χ1n) is 6.03. The summed E-state index contributed by atoms with van der Waals surface area (Å²) in [6.45, 7) is 4.31. The van der Waals surface area contributed by atoms with Crippen LogP contribution in [0.1, 0.15) is 5.56 Å². The second kappa shape index (κ2) is 5.03. The number of anilines is 1. The first-order chi connectivity index (χ1) is 9.34. The summed E-state index contributed by atoms with van der Waals surface area (Å²) in [5.74, 6) is -1.81. The van der Waals surface area contributed by atoms with Crippen LogP contribution in [0.3, 0.4) is 0 Å². The number of likely N-dealkylation sites (tertiary alicyclic amines) is 1. The molecule has 2 amide bonds. The maximum Gasteiger partial charge on any atom is 0.265 e. The van der Waals surface area contributed by atoms with Gasteiger partial charge in [0.25, 0.3) is 5.91 Å². The molecule has 0 unspecified atom stereocenters. The largest absolute Gasteiger partial charge is 0.331 e. The highest BCUT2D eigenvalue weighted by molar-refractivity contribution is 6.00. The molecule has 0 atom stereocenters. The van der Waals surface area contributed by atoms with Gasteiger partial charge in [-0.1, -0.05) is 6.58 Å². The average molecular weight is 280 g/mol. The first kappa shape index (κ1) is 14.2. The molecule has 6 heteroatoms. The van der Waals surface area contributed by atoms with Crippen LogP contribution >= 0.6 is 0 Å². The third-order valence-corrected chi connectivity index (χ3v) is 3.08. The van der Waals surface area contributed by atoms with Crippen molar-refractivity contribution in [3.05, 3.63) is 42.2 Å². The van der Waals surface area contributed by atoms with Gasteiger partial charge in [-0.2, -0.15) is 0 Å². The summed E-state index contributed by atoms with van der Waals surface area (Å²) in [5.41, 5.74) is -1.33. The highest BCUT2D eigenvalue weighted by Crippen LogP contribution is 2.27. The third kappa shape index (κ3) is 2.68. The molecule has 1 fully saturated rings. The molecule has 0 saturated carbocycles. The van der Waals surface area contributed by atoms with Crippen LogP contribution in [0.2, 0.25) is 0 Å². The van der Waals surface area contributed by atoms with Gasteiger partial charge >= 0.3 is 0 Å². The Kier molecular flexibility index (Phi) is 3.57. The lowest BCUT2D eigenvalue weighted by Crippen LogP contribution is -2.65. The van der Waals surface area contributed by atoms with Gasteiger partial charge in [0.1, 0.15) is 5.82 Å². The zero-order valence-corrected chi connectivity index (χ0v) is 11.0. The zero-order valence-electron chi connectivity index (χ0n) is 11.0. The number of hydrogen-bond acceptors (Lipinski definition) is 2. The fraction of sp³-hybridized carbons (Fsp3) is 0.286. The topological polar surface area (TPSA) is 49.4 Å². The van der Waals surface area contributed by atoms with Crippen molar-refractivity contribution in [2.75, 3.05) is 18.4 Å².